The summed E-state index contributed by atoms with van der Waals surface area (Å²) < 4.78 is 58.9. The molecule has 0 atom stereocenters. The number of hydrogen-bond donors (Lipinski definition) is 2. The number of halogens is 4. The highest BCUT2D eigenvalue weighted by Gasteiger charge is 2.41. The molecule has 0 aromatic heterocycles. The number of alkyl halides is 3. The largest absolute Gasteiger partial charge is 0.405 e. The van der Waals surface area contributed by atoms with Crippen molar-refractivity contribution >= 4 is 45.7 Å². The first kappa shape index (κ1) is 23.2. The summed E-state index contributed by atoms with van der Waals surface area (Å²) in [6, 6.07) is 0. The first-order valence-corrected chi connectivity index (χ1v) is 8.54. The number of nitrogens with zero attached hydrogens (tertiary/aromatic N) is 2. The van der Waals surface area contributed by atoms with Crippen molar-refractivity contribution in [2.75, 3.05) is 39.0 Å². The monoisotopic (exact) mass is 486 g/mol. The topological polar surface area (TPSA) is 90.9 Å². The predicted octanol–water partition coefficient (Wildman–Crippen LogP) is 0.367. The molecule has 1 aliphatic rings. The zero-order valence-corrected chi connectivity index (χ0v) is 16.8. The van der Waals surface area contributed by atoms with Gasteiger partial charge in [-0.15, -0.1) is 24.0 Å². The van der Waals surface area contributed by atoms with Crippen LogP contribution < -0.4 is 10.6 Å². The second kappa shape index (κ2) is 8.54. The molecular weight excluding hydrogens is 464 g/mol. The average molecular weight is 486 g/mol. The summed E-state index contributed by atoms with van der Waals surface area (Å²) in [6.07, 6.45) is -4.47. The highest BCUT2D eigenvalue weighted by atomic mass is 127. The van der Waals surface area contributed by atoms with Crippen LogP contribution in [0.4, 0.5) is 13.2 Å². The summed E-state index contributed by atoms with van der Waals surface area (Å²) in [5.74, 6) is -0.608. The molecule has 7 nitrogen and oxygen atoms in total. The van der Waals surface area contributed by atoms with Crippen LogP contribution in [-0.2, 0) is 14.6 Å². The standard InChI is InChI=1S/C12H21F3N4O3S.HI/c1-11(2)8-19(4-5-23(11,21)22)10(16-3)17-6-9(20)18-7-12(13,14)15;/h4-8H2,1-3H3,(H,16,17)(H,18,20);1H. The maximum absolute atomic E-state index is 12.0. The van der Waals surface area contributed by atoms with Gasteiger partial charge in [0, 0.05) is 20.1 Å². The Morgan fingerprint density at radius 2 is 1.88 bits per heavy atom. The molecule has 1 rings (SSSR count). The minimum atomic E-state index is -4.47. The summed E-state index contributed by atoms with van der Waals surface area (Å²) in [6.45, 7) is 1.79. The van der Waals surface area contributed by atoms with Crippen molar-refractivity contribution in [2.45, 2.75) is 24.8 Å². The summed E-state index contributed by atoms with van der Waals surface area (Å²) in [5.41, 5.74) is 0. The Morgan fingerprint density at radius 3 is 2.33 bits per heavy atom. The predicted molar refractivity (Wildman–Crippen MR) is 95.3 cm³/mol. The van der Waals surface area contributed by atoms with Crippen molar-refractivity contribution < 1.29 is 26.4 Å². The van der Waals surface area contributed by atoms with Crippen LogP contribution in [-0.4, -0.2) is 75.1 Å². The third-order valence-electron chi connectivity index (χ3n) is 3.45. The van der Waals surface area contributed by atoms with Crippen LogP contribution in [0, 0.1) is 0 Å². The molecule has 1 fully saturated rings. The van der Waals surface area contributed by atoms with E-state index in [2.05, 4.69) is 10.3 Å². The average Bonchev–Trinajstić information content (AvgIpc) is 2.40. The maximum Gasteiger partial charge on any atom is 0.405 e. The molecule has 0 unspecified atom stereocenters. The van der Waals surface area contributed by atoms with Gasteiger partial charge in [-0.2, -0.15) is 13.2 Å². The molecule has 12 heteroatoms. The zero-order valence-electron chi connectivity index (χ0n) is 13.6. The van der Waals surface area contributed by atoms with Gasteiger partial charge >= 0.3 is 6.18 Å². The molecule has 1 amide bonds. The fourth-order valence-electron chi connectivity index (χ4n) is 2.08. The van der Waals surface area contributed by atoms with Gasteiger partial charge in [-0.25, -0.2) is 8.42 Å². The van der Waals surface area contributed by atoms with E-state index in [1.165, 1.54) is 7.05 Å². The Hall–Kier alpha value is -0.790. The molecule has 0 saturated carbocycles. The maximum atomic E-state index is 12.0. The fraction of sp³-hybridized carbons (Fsp3) is 0.833. The third-order valence-corrected chi connectivity index (χ3v) is 5.98. The van der Waals surface area contributed by atoms with E-state index in [9.17, 15) is 26.4 Å². The lowest BCUT2D eigenvalue weighted by atomic mass is 10.2. The molecule has 0 radical (unpaired) electrons. The van der Waals surface area contributed by atoms with E-state index < -0.39 is 33.2 Å². The highest BCUT2D eigenvalue weighted by Crippen LogP contribution is 2.23. The molecule has 24 heavy (non-hydrogen) atoms. The van der Waals surface area contributed by atoms with Crippen LogP contribution in [0.25, 0.3) is 0 Å². The van der Waals surface area contributed by atoms with Crippen LogP contribution in [0.5, 0.6) is 0 Å². The van der Waals surface area contributed by atoms with Gasteiger partial charge in [0.2, 0.25) is 5.91 Å². The quantitative estimate of drug-likeness (QED) is 0.342. The number of carbonyl (C=O) groups is 1. The van der Waals surface area contributed by atoms with Crippen molar-refractivity contribution in [3.05, 3.63) is 0 Å². The molecule has 142 valence electrons. The number of nitrogens with one attached hydrogen (secondary N) is 2. The first-order valence-electron chi connectivity index (χ1n) is 6.89. The molecular formula is C12H22F3IN4O3S. The number of sulfone groups is 1. The lowest BCUT2D eigenvalue weighted by molar-refractivity contribution is -0.137. The van der Waals surface area contributed by atoms with Gasteiger partial charge in [-0.05, 0) is 13.8 Å². The van der Waals surface area contributed by atoms with E-state index in [0.29, 0.717) is 0 Å². The first-order chi connectivity index (χ1) is 10.4. The zero-order chi connectivity index (χ0) is 17.9. The SMILES string of the molecule is CN=C(NCC(=O)NCC(F)(F)F)N1CCS(=O)(=O)C(C)(C)C1.I. The van der Waals surface area contributed by atoms with Gasteiger partial charge in [-0.3, -0.25) is 9.79 Å². The Kier molecular flexibility index (Phi) is 8.26. The lowest BCUT2D eigenvalue weighted by Gasteiger charge is -2.39. The van der Waals surface area contributed by atoms with Crippen LogP contribution in [0.15, 0.2) is 4.99 Å². The molecule has 0 spiro atoms. The summed E-state index contributed by atoms with van der Waals surface area (Å²) in [7, 11) is -1.77. The summed E-state index contributed by atoms with van der Waals surface area (Å²) in [4.78, 5) is 17.0. The van der Waals surface area contributed by atoms with E-state index in [4.69, 9.17) is 0 Å². The highest BCUT2D eigenvalue weighted by molar-refractivity contribution is 14.0. The van der Waals surface area contributed by atoms with Gasteiger partial charge in [0.1, 0.15) is 6.54 Å². The molecule has 0 bridgehead atoms. The van der Waals surface area contributed by atoms with E-state index in [0.717, 1.165) is 0 Å². The van der Waals surface area contributed by atoms with E-state index >= 15 is 0 Å². The van der Waals surface area contributed by atoms with Gasteiger partial charge < -0.3 is 15.5 Å². The van der Waals surface area contributed by atoms with Gasteiger partial charge in [-0.1, -0.05) is 0 Å². The molecule has 0 aromatic rings. The van der Waals surface area contributed by atoms with Crippen molar-refractivity contribution in [2.24, 2.45) is 4.99 Å². The normalized spacial score (nSPS) is 20.1. The molecule has 2 N–H and O–H groups in total. The summed E-state index contributed by atoms with van der Waals surface area (Å²) >= 11 is 0. The van der Waals surface area contributed by atoms with Crippen molar-refractivity contribution in [1.82, 2.24) is 15.5 Å². The van der Waals surface area contributed by atoms with Crippen LogP contribution >= 0.6 is 24.0 Å². The van der Waals surface area contributed by atoms with Gasteiger partial charge in [0.15, 0.2) is 15.8 Å². The third kappa shape index (κ3) is 6.61. The number of aliphatic imine (C=N–C) groups is 1. The minimum Gasteiger partial charge on any atom is -0.347 e. The number of hydrogen-bond acceptors (Lipinski definition) is 4. The van der Waals surface area contributed by atoms with E-state index in [1.807, 2.05) is 0 Å². The van der Waals surface area contributed by atoms with Crippen molar-refractivity contribution in [3.8, 4) is 0 Å². The van der Waals surface area contributed by atoms with Crippen molar-refractivity contribution in [3.63, 3.8) is 0 Å². The van der Waals surface area contributed by atoms with E-state index in [1.54, 1.807) is 24.1 Å². The Balaban J connectivity index is 0.00000529. The Morgan fingerprint density at radius 1 is 1.29 bits per heavy atom. The van der Waals surface area contributed by atoms with Gasteiger partial charge in [0.05, 0.1) is 17.0 Å². The number of amides is 1. The van der Waals surface area contributed by atoms with Crippen LogP contribution in [0.2, 0.25) is 0 Å². The summed E-state index contributed by atoms with van der Waals surface area (Å²) in [5, 5.41) is 4.38. The number of guanidine groups is 1. The molecule has 0 aliphatic carbocycles. The molecule has 0 aromatic carbocycles. The molecule has 1 saturated heterocycles. The molecule has 1 aliphatic heterocycles. The van der Waals surface area contributed by atoms with E-state index in [-0.39, 0.29) is 55.3 Å². The fourth-order valence-corrected chi connectivity index (χ4v) is 3.44. The molecule has 1 heterocycles. The number of rotatable bonds is 3. The van der Waals surface area contributed by atoms with Crippen LogP contribution in [0.1, 0.15) is 13.8 Å². The van der Waals surface area contributed by atoms with Gasteiger partial charge in [0.25, 0.3) is 0 Å². The minimum absolute atomic E-state index is 0. The van der Waals surface area contributed by atoms with Crippen LogP contribution in [0.3, 0.4) is 0 Å². The Bertz CT molecular complexity index is 579. The lowest BCUT2D eigenvalue weighted by Crippen LogP contribution is -2.58. The Labute approximate surface area is 156 Å². The second-order valence-electron chi connectivity index (χ2n) is 5.79. The smallest absolute Gasteiger partial charge is 0.347 e. The van der Waals surface area contributed by atoms with Crippen molar-refractivity contribution in [1.29, 1.82) is 0 Å². The second-order valence-corrected chi connectivity index (χ2v) is 8.54. The number of carbonyl (C=O) groups excluding carboxylic acids is 1.